The second kappa shape index (κ2) is 8.28. The third-order valence-electron chi connectivity index (χ3n) is 3.82. The van der Waals surface area contributed by atoms with Crippen molar-refractivity contribution in [1.82, 2.24) is 0 Å². The molecule has 2 aromatic carbocycles. The van der Waals surface area contributed by atoms with E-state index in [0.717, 1.165) is 11.1 Å². The first-order valence-electron chi connectivity index (χ1n) is 7.92. The Balaban J connectivity index is 2.10. The summed E-state index contributed by atoms with van der Waals surface area (Å²) >= 11 is 0. The molecular formula is C19H20FNO4. The number of rotatable bonds is 7. The molecule has 0 aliphatic carbocycles. The fraction of sp³-hybridized carbons (Fsp3) is 0.263. The predicted octanol–water partition coefficient (Wildman–Crippen LogP) is 3.73. The van der Waals surface area contributed by atoms with Gasteiger partial charge in [0.2, 0.25) is 5.91 Å². The molecule has 1 atom stereocenters. The average molecular weight is 345 g/mol. The van der Waals surface area contributed by atoms with E-state index in [0.29, 0.717) is 17.9 Å². The van der Waals surface area contributed by atoms with Crippen LogP contribution < -0.4 is 10.1 Å². The fourth-order valence-electron chi connectivity index (χ4n) is 2.50. The van der Waals surface area contributed by atoms with Crippen molar-refractivity contribution in [2.75, 3.05) is 11.9 Å². The molecule has 0 spiro atoms. The summed E-state index contributed by atoms with van der Waals surface area (Å²) in [6.45, 7) is 3.26. The van der Waals surface area contributed by atoms with Gasteiger partial charge in [-0.3, -0.25) is 4.79 Å². The minimum atomic E-state index is -1.06. The highest BCUT2D eigenvalue weighted by molar-refractivity contribution is 5.96. The summed E-state index contributed by atoms with van der Waals surface area (Å²) in [6, 6.07) is 10.8. The molecular weight excluding hydrogens is 325 g/mol. The second-order valence-corrected chi connectivity index (χ2v) is 5.66. The number of aryl methyl sites for hydroxylation is 1. The van der Waals surface area contributed by atoms with Crippen LogP contribution >= 0.6 is 0 Å². The Labute approximate surface area is 145 Å². The number of amides is 1. The van der Waals surface area contributed by atoms with Gasteiger partial charge in [-0.05, 0) is 54.8 Å². The van der Waals surface area contributed by atoms with E-state index in [1.807, 2.05) is 6.92 Å². The summed E-state index contributed by atoms with van der Waals surface area (Å²) in [4.78, 5) is 23.1. The first kappa shape index (κ1) is 18.4. The predicted molar refractivity (Wildman–Crippen MR) is 92.4 cm³/mol. The molecule has 2 rings (SSSR count). The van der Waals surface area contributed by atoms with Crippen molar-refractivity contribution in [2.24, 2.45) is 0 Å². The zero-order valence-electron chi connectivity index (χ0n) is 14.1. The largest absolute Gasteiger partial charge is 0.482 e. The Morgan fingerprint density at radius 1 is 1.20 bits per heavy atom. The number of carboxylic acids is 1. The summed E-state index contributed by atoms with van der Waals surface area (Å²) in [7, 11) is 0. The molecule has 6 heteroatoms. The van der Waals surface area contributed by atoms with Gasteiger partial charge in [0, 0.05) is 5.69 Å². The first-order chi connectivity index (χ1) is 11.9. The van der Waals surface area contributed by atoms with Crippen LogP contribution in [0.5, 0.6) is 5.75 Å². The van der Waals surface area contributed by atoms with Crippen LogP contribution in [0.2, 0.25) is 0 Å². The monoisotopic (exact) mass is 345 g/mol. The zero-order valence-corrected chi connectivity index (χ0v) is 14.1. The van der Waals surface area contributed by atoms with Gasteiger partial charge in [-0.25, -0.2) is 9.18 Å². The Morgan fingerprint density at radius 2 is 1.88 bits per heavy atom. The smallest absolute Gasteiger partial charge is 0.341 e. The zero-order chi connectivity index (χ0) is 18.4. The van der Waals surface area contributed by atoms with Crippen LogP contribution in [0.15, 0.2) is 42.5 Å². The van der Waals surface area contributed by atoms with Gasteiger partial charge in [-0.1, -0.05) is 19.1 Å². The second-order valence-electron chi connectivity index (χ2n) is 5.66. The molecule has 0 fully saturated rings. The lowest BCUT2D eigenvalue weighted by molar-refractivity contribution is -0.139. The fourth-order valence-corrected chi connectivity index (χ4v) is 2.50. The quantitative estimate of drug-likeness (QED) is 0.802. The van der Waals surface area contributed by atoms with Crippen molar-refractivity contribution < 1.29 is 23.8 Å². The molecule has 0 bridgehead atoms. The van der Waals surface area contributed by atoms with Crippen molar-refractivity contribution in [3.05, 3.63) is 59.4 Å². The molecule has 0 saturated heterocycles. The number of carbonyl (C=O) groups excluding carboxylic acids is 1. The summed E-state index contributed by atoms with van der Waals surface area (Å²) in [6.07, 6.45) is 0.580. The van der Waals surface area contributed by atoms with E-state index < -0.39 is 12.6 Å². The average Bonchev–Trinajstić information content (AvgIpc) is 2.57. The molecule has 1 amide bonds. The highest BCUT2D eigenvalue weighted by atomic mass is 19.1. The van der Waals surface area contributed by atoms with E-state index >= 15 is 0 Å². The lowest BCUT2D eigenvalue weighted by Gasteiger charge is -2.17. The minimum Gasteiger partial charge on any atom is -0.482 e. The van der Waals surface area contributed by atoms with Crippen LogP contribution in [-0.4, -0.2) is 23.6 Å². The van der Waals surface area contributed by atoms with Crippen molar-refractivity contribution in [1.29, 1.82) is 0 Å². The van der Waals surface area contributed by atoms with Gasteiger partial charge >= 0.3 is 5.97 Å². The Kier molecular flexibility index (Phi) is 6.11. The number of halogens is 1. The van der Waals surface area contributed by atoms with Crippen LogP contribution in [0.3, 0.4) is 0 Å². The van der Waals surface area contributed by atoms with Gasteiger partial charge in [0.25, 0.3) is 0 Å². The topological polar surface area (TPSA) is 75.6 Å². The van der Waals surface area contributed by atoms with E-state index in [1.165, 1.54) is 12.1 Å². The summed E-state index contributed by atoms with van der Waals surface area (Å²) in [5.74, 6) is -1.55. The summed E-state index contributed by atoms with van der Waals surface area (Å²) in [5, 5.41) is 11.5. The lowest BCUT2D eigenvalue weighted by atomic mass is 9.95. The SMILES string of the molecule is CCC(C(=O)Nc1ccc(OCC(=O)O)cc1C)c1ccc(F)cc1. The van der Waals surface area contributed by atoms with Crippen LogP contribution in [0.25, 0.3) is 0 Å². The number of aliphatic carboxylic acids is 1. The number of nitrogens with one attached hydrogen (secondary N) is 1. The van der Waals surface area contributed by atoms with Crippen molar-refractivity contribution in [3.63, 3.8) is 0 Å². The number of benzene rings is 2. The van der Waals surface area contributed by atoms with Crippen LogP contribution in [0.1, 0.15) is 30.4 Å². The standard InChI is InChI=1S/C19H20FNO4/c1-3-16(13-4-6-14(20)7-5-13)19(24)21-17-9-8-15(10-12(17)2)25-11-18(22)23/h4-10,16H,3,11H2,1-2H3,(H,21,24)(H,22,23). The number of anilines is 1. The molecule has 2 aromatic rings. The molecule has 0 saturated carbocycles. The molecule has 25 heavy (non-hydrogen) atoms. The molecule has 0 heterocycles. The van der Waals surface area contributed by atoms with E-state index in [1.54, 1.807) is 37.3 Å². The number of hydrogen-bond donors (Lipinski definition) is 2. The molecule has 0 aromatic heterocycles. The third kappa shape index (κ3) is 5.04. The first-order valence-corrected chi connectivity index (χ1v) is 7.92. The highest BCUT2D eigenvalue weighted by Gasteiger charge is 2.19. The summed E-state index contributed by atoms with van der Waals surface area (Å²) < 4.78 is 18.2. The number of hydrogen-bond acceptors (Lipinski definition) is 3. The Hall–Kier alpha value is -2.89. The van der Waals surface area contributed by atoms with Crippen molar-refractivity contribution in [3.8, 4) is 5.75 Å². The van der Waals surface area contributed by atoms with E-state index in [9.17, 15) is 14.0 Å². The number of ether oxygens (including phenoxy) is 1. The van der Waals surface area contributed by atoms with Crippen molar-refractivity contribution >= 4 is 17.6 Å². The van der Waals surface area contributed by atoms with Gasteiger partial charge in [0.1, 0.15) is 11.6 Å². The van der Waals surface area contributed by atoms with Gasteiger partial charge < -0.3 is 15.2 Å². The minimum absolute atomic E-state index is 0.184. The van der Waals surface area contributed by atoms with Gasteiger partial charge in [0.05, 0.1) is 5.92 Å². The van der Waals surface area contributed by atoms with Crippen molar-refractivity contribution in [2.45, 2.75) is 26.2 Å². The van der Waals surface area contributed by atoms with E-state index in [-0.39, 0.29) is 17.6 Å². The maximum atomic E-state index is 13.1. The molecule has 1 unspecified atom stereocenters. The lowest BCUT2D eigenvalue weighted by Crippen LogP contribution is -2.21. The maximum Gasteiger partial charge on any atom is 0.341 e. The van der Waals surface area contributed by atoms with Crippen LogP contribution in [0, 0.1) is 12.7 Å². The number of carbonyl (C=O) groups is 2. The third-order valence-corrected chi connectivity index (χ3v) is 3.82. The number of carboxylic acid groups (broad SMARTS) is 1. The van der Waals surface area contributed by atoms with Gasteiger partial charge in [0.15, 0.2) is 6.61 Å². The van der Waals surface area contributed by atoms with Gasteiger partial charge in [-0.15, -0.1) is 0 Å². The Morgan fingerprint density at radius 3 is 2.44 bits per heavy atom. The highest BCUT2D eigenvalue weighted by Crippen LogP contribution is 2.25. The summed E-state index contributed by atoms with van der Waals surface area (Å²) in [5.41, 5.74) is 2.12. The molecule has 0 radical (unpaired) electrons. The van der Waals surface area contributed by atoms with E-state index in [4.69, 9.17) is 9.84 Å². The molecule has 132 valence electrons. The molecule has 0 aliphatic rings. The molecule has 2 N–H and O–H groups in total. The maximum absolute atomic E-state index is 13.1. The van der Waals surface area contributed by atoms with Crippen LogP contribution in [0.4, 0.5) is 10.1 Å². The normalized spacial score (nSPS) is 11.6. The van der Waals surface area contributed by atoms with Gasteiger partial charge in [-0.2, -0.15) is 0 Å². The Bertz CT molecular complexity index is 759. The van der Waals surface area contributed by atoms with E-state index in [2.05, 4.69) is 5.32 Å². The molecule has 5 nitrogen and oxygen atoms in total. The molecule has 0 aliphatic heterocycles. The van der Waals surface area contributed by atoms with Crippen LogP contribution in [-0.2, 0) is 9.59 Å².